The highest BCUT2D eigenvalue weighted by Gasteiger charge is 2.12. The Balaban J connectivity index is 2.35. The minimum absolute atomic E-state index is 0.0728. The lowest BCUT2D eigenvalue weighted by Crippen LogP contribution is -2.38. The Morgan fingerprint density at radius 1 is 1.22 bits per heavy atom. The zero-order valence-electron chi connectivity index (χ0n) is 12.7. The number of carboxylic acid groups (broad SMARTS) is 1. The maximum absolute atomic E-state index is 11.6. The lowest BCUT2D eigenvalue weighted by atomic mass is 10.1. The van der Waals surface area contributed by atoms with Crippen LogP contribution in [0.1, 0.15) is 22.8 Å². The van der Waals surface area contributed by atoms with Gasteiger partial charge in [-0.2, -0.15) is 0 Å². The van der Waals surface area contributed by atoms with Crippen LogP contribution in [0.3, 0.4) is 0 Å². The number of hydrogen-bond acceptors (Lipinski definition) is 5. The molecule has 1 aromatic carbocycles. The van der Waals surface area contributed by atoms with Crippen LogP contribution in [0, 0.1) is 0 Å². The molecule has 0 aliphatic heterocycles. The Morgan fingerprint density at radius 2 is 1.87 bits per heavy atom. The maximum Gasteiger partial charge on any atom is 0.335 e. The topological polar surface area (TPSA) is 122 Å². The van der Waals surface area contributed by atoms with Crippen LogP contribution < -0.4 is 10.0 Å². The van der Waals surface area contributed by atoms with Crippen molar-refractivity contribution >= 4 is 21.9 Å². The fraction of sp³-hybridized carbons (Fsp3) is 0.429. The molecule has 1 amide bonds. The normalized spacial score (nSPS) is 11.2. The third-order valence-electron chi connectivity index (χ3n) is 2.84. The van der Waals surface area contributed by atoms with Crippen molar-refractivity contribution in [1.82, 2.24) is 10.0 Å². The average Bonchev–Trinajstić information content (AvgIpc) is 2.51. The lowest BCUT2D eigenvalue weighted by molar-refractivity contribution is -0.120. The number of rotatable bonds is 10. The summed E-state index contributed by atoms with van der Waals surface area (Å²) in [6.45, 7) is 2.08. The van der Waals surface area contributed by atoms with Crippen molar-refractivity contribution in [2.45, 2.75) is 13.5 Å². The summed E-state index contributed by atoms with van der Waals surface area (Å²) < 4.78 is 30.2. The van der Waals surface area contributed by atoms with Crippen molar-refractivity contribution < 1.29 is 27.9 Å². The minimum Gasteiger partial charge on any atom is -0.478 e. The van der Waals surface area contributed by atoms with E-state index in [1.807, 2.05) is 0 Å². The monoisotopic (exact) mass is 344 g/mol. The molecule has 0 fully saturated rings. The van der Waals surface area contributed by atoms with E-state index in [4.69, 9.17) is 9.84 Å². The maximum atomic E-state index is 11.6. The molecule has 23 heavy (non-hydrogen) atoms. The van der Waals surface area contributed by atoms with E-state index in [0.29, 0.717) is 12.2 Å². The second kappa shape index (κ2) is 9.23. The van der Waals surface area contributed by atoms with Gasteiger partial charge in [0.2, 0.25) is 15.9 Å². The zero-order chi connectivity index (χ0) is 17.3. The van der Waals surface area contributed by atoms with Gasteiger partial charge < -0.3 is 15.2 Å². The Bertz CT molecular complexity index is 627. The van der Waals surface area contributed by atoms with Crippen LogP contribution in [0.15, 0.2) is 24.3 Å². The molecule has 0 aliphatic carbocycles. The molecule has 0 radical (unpaired) electrons. The van der Waals surface area contributed by atoms with E-state index in [-0.39, 0.29) is 31.0 Å². The Kier molecular flexibility index (Phi) is 7.66. The first-order chi connectivity index (χ1) is 10.8. The molecule has 0 saturated carbocycles. The molecule has 8 nitrogen and oxygen atoms in total. The SMILES string of the molecule is CCOCCS(=O)(=O)NCC(=O)NCc1ccc(C(=O)O)cc1. The zero-order valence-corrected chi connectivity index (χ0v) is 13.6. The summed E-state index contributed by atoms with van der Waals surface area (Å²) in [7, 11) is -3.55. The Hall–Kier alpha value is -1.97. The number of amides is 1. The minimum atomic E-state index is -3.55. The van der Waals surface area contributed by atoms with Crippen LogP contribution in [0.25, 0.3) is 0 Å². The van der Waals surface area contributed by atoms with E-state index in [2.05, 4.69) is 10.0 Å². The van der Waals surface area contributed by atoms with Crippen LogP contribution in [-0.2, 0) is 26.1 Å². The summed E-state index contributed by atoms with van der Waals surface area (Å²) >= 11 is 0. The van der Waals surface area contributed by atoms with Gasteiger partial charge in [-0.1, -0.05) is 12.1 Å². The summed E-state index contributed by atoms with van der Waals surface area (Å²) in [4.78, 5) is 22.3. The highest BCUT2D eigenvalue weighted by atomic mass is 32.2. The molecule has 0 aliphatic rings. The van der Waals surface area contributed by atoms with Crippen molar-refractivity contribution in [2.75, 3.05) is 25.5 Å². The predicted molar refractivity (Wildman–Crippen MR) is 83.5 cm³/mol. The van der Waals surface area contributed by atoms with Gasteiger partial charge in [-0.3, -0.25) is 4.79 Å². The number of benzene rings is 1. The van der Waals surface area contributed by atoms with E-state index >= 15 is 0 Å². The number of carbonyl (C=O) groups excluding carboxylic acids is 1. The molecule has 1 aromatic rings. The number of aromatic carboxylic acids is 1. The Labute approximate surface area is 134 Å². The highest BCUT2D eigenvalue weighted by molar-refractivity contribution is 7.89. The second-order valence-corrected chi connectivity index (χ2v) is 6.54. The summed E-state index contributed by atoms with van der Waals surface area (Å²) in [6, 6.07) is 6.02. The van der Waals surface area contributed by atoms with E-state index in [1.54, 1.807) is 19.1 Å². The van der Waals surface area contributed by atoms with Crippen LogP contribution in [0.5, 0.6) is 0 Å². The van der Waals surface area contributed by atoms with Gasteiger partial charge in [-0.05, 0) is 24.6 Å². The molecule has 0 aromatic heterocycles. The smallest absolute Gasteiger partial charge is 0.335 e. The molecule has 1 rings (SSSR count). The summed E-state index contributed by atoms with van der Waals surface area (Å²) in [5.74, 6) is -1.71. The quantitative estimate of drug-likeness (QED) is 0.512. The molecule has 0 atom stereocenters. The molecule has 0 spiro atoms. The third kappa shape index (κ3) is 7.73. The van der Waals surface area contributed by atoms with Crippen molar-refractivity contribution in [3.63, 3.8) is 0 Å². The van der Waals surface area contributed by atoms with Gasteiger partial charge in [0.1, 0.15) is 0 Å². The van der Waals surface area contributed by atoms with Gasteiger partial charge >= 0.3 is 5.97 Å². The standard InChI is InChI=1S/C14H20N2O6S/c1-2-22-7-8-23(20,21)16-10-13(17)15-9-11-3-5-12(6-4-11)14(18)19/h3-6,16H,2,7-10H2,1H3,(H,15,17)(H,18,19). The Morgan fingerprint density at radius 3 is 2.43 bits per heavy atom. The van der Waals surface area contributed by atoms with Gasteiger partial charge in [0.25, 0.3) is 0 Å². The predicted octanol–water partition coefficient (Wildman–Crippen LogP) is -0.0431. The molecule has 9 heteroatoms. The third-order valence-corrected chi connectivity index (χ3v) is 4.13. The molecule has 3 N–H and O–H groups in total. The molecule has 128 valence electrons. The largest absolute Gasteiger partial charge is 0.478 e. The summed E-state index contributed by atoms with van der Waals surface area (Å²) in [5, 5.41) is 11.3. The first-order valence-electron chi connectivity index (χ1n) is 6.98. The molecule has 0 saturated heterocycles. The molecule has 0 unspecified atom stereocenters. The van der Waals surface area contributed by atoms with Gasteiger partial charge in [0, 0.05) is 13.2 Å². The van der Waals surface area contributed by atoms with Gasteiger partial charge in [-0.25, -0.2) is 17.9 Å². The number of sulfonamides is 1. The van der Waals surface area contributed by atoms with Gasteiger partial charge in [0.15, 0.2) is 0 Å². The van der Waals surface area contributed by atoms with Gasteiger partial charge in [-0.15, -0.1) is 0 Å². The van der Waals surface area contributed by atoms with E-state index < -0.39 is 21.9 Å². The van der Waals surface area contributed by atoms with Crippen molar-refractivity contribution in [3.8, 4) is 0 Å². The molecule has 0 bridgehead atoms. The van der Waals surface area contributed by atoms with Gasteiger partial charge in [0.05, 0.1) is 24.5 Å². The van der Waals surface area contributed by atoms with E-state index in [9.17, 15) is 18.0 Å². The number of hydrogen-bond donors (Lipinski definition) is 3. The highest BCUT2D eigenvalue weighted by Crippen LogP contribution is 2.04. The summed E-state index contributed by atoms with van der Waals surface area (Å²) in [6.07, 6.45) is 0. The number of ether oxygens (including phenoxy) is 1. The van der Waals surface area contributed by atoms with Crippen LogP contribution in [-0.4, -0.2) is 50.9 Å². The van der Waals surface area contributed by atoms with Crippen molar-refractivity contribution in [3.05, 3.63) is 35.4 Å². The first kappa shape index (κ1) is 19.1. The fourth-order valence-electron chi connectivity index (χ4n) is 1.59. The average molecular weight is 344 g/mol. The van der Waals surface area contributed by atoms with E-state index in [1.165, 1.54) is 12.1 Å². The molecule has 0 heterocycles. The van der Waals surface area contributed by atoms with Crippen LogP contribution in [0.2, 0.25) is 0 Å². The number of nitrogens with one attached hydrogen (secondary N) is 2. The number of carbonyl (C=O) groups is 2. The molecular weight excluding hydrogens is 324 g/mol. The van der Waals surface area contributed by atoms with Crippen molar-refractivity contribution in [1.29, 1.82) is 0 Å². The lowest BCUT2D eigenvalue weighted by Gasteiger charge is -2.08. The number of carboxylic acids is 1. The molecular formula is C14H20N2O6S. The fourth-order valence-corrected chi connectivity index (χ4v) is 2.42. The van der Waals surface area contributed by atoms with Crippen LogP contribution >= 0.6 is 0 Å². The first-order valence-corrected chi connectivity index (χ1v) is 8.63. The van der Waals surface area contributed by atoms with Crippen LogP contribution in [0.4, 0.5) is 0 Å². The van der Waals surface area contributed by atoms with E-state index in [0.717, 1.165) is 0 Å². The summed E-state index contributed by atoms with van der Waals surface area (Å²) in [5.41, 5.74) is 0.865. The second-order valence-electron chi connectivity index (χ2n) is 4.62. The van der Waals surface area contributed by atoms with Crippen molar-refractivity contribution in [2.24, 2.45) is 0 Å².